The quantitative estimate of drug-likeness (QED) is 0.824. The van der Waals surface area contributed by atoms with Crippen molar-refractivity contribution in [1.29, 1.82) is 0 Å². The molecule has 2 aromatic rings. The first-order valence-electron chi connectivity index (χ1n) is 8.71. The zero-order valence-corrected chi connectivity index (χ0v) is 15.7. The van der Waals surface area contributed by atoms with Gasteiger partial charge in [0.15, 0.2) is 0 Å². The van der Waals surface area contributed by atoms with Crippen LogP contribution in [0.5, 0.6) is 0 Å². The molecule has 0 atom stereocenters. The molecule has 0 aliphatic carbocycles. The third kappa shape index (κ3) is 4.07. The van der Waals surface area contributed by atoms with Crippen LogP contribution in [-0.4, -0.2) is 59.6 Å². The van der Waals surface area contributed by atoms with E-state index in [4.69, 9.17) is 16.3 Å². The number of piperazine rings is 1. The van der Waals surface area contributed by atoms with E-state index in [1.54, 1.807) is 28.1 Å². The maximum atomic E-state index is 13.0. The maximum absolute atomic E-state index is 13.0. The topological polar surface area (TPSA) is 62.7 Å². The Balaban J connectivity index is 1.69. The molecular formula is C19H22ClN3O3. The van der Waals surface area contributed by atoms with E-state index < -0.39 is 0 Å². The third-order valence-electron chi connectivity index (χ3n) is 4.27. The summed E-state index contributed by atoms with van der Waals surface area (Å²) in [6.45, 7) is 6.20. The molecule has 2 heterocycles. The molecule has 0 unspecified atom stereocenters. The van der Waals surface area contributed by atoms with Gasteiger partial charge in [-0.1, -0.05) is 31.5 Å². The predicted octanol–water partition coefficient (Wildman–Crippen LogP) is 3.44. The van der Waals surface area contributed by atoms with E-state index in [9.17, 15) is 9.59 Å². The molecular weight excluding hydrogens is 354 g/mol. The van der Waals surface area contributed by atoms with Gasteiger partial charge in [0.25, 0.3) is 5.91 Å². The number of fused-ring (bicyclic) bond motifs is 1. The lowest BCUT2D eigenvalue weighted by atomic mass is 10.1. The van der Waals surface area contributed by atoms with Gasteiger partial charge in [-0.15, -0.1) is 0 Å². The van der Waals surface area contributed by atoms with Gasteiger partial charge in [0.2, 0.25) is 0 Å². The summed E-state index contributed by atoms with van der Waals surface area (Å²) in [4.78, 5) is 32.7. The Hall–Kier alpha value is -2.34. The van der Waals surface area contributed by atoms with Crippen molar-refractivity contribution in [3.05, 3.63) is 41.0 Å². The predicted molar refractivity (Wildman–Crippen MR) is 100 cm³/mol. The van der Waals surface area contributed by atoms with E-state index in [-0.39, 0.29) is 12.0 Å². The molecule has 1 aromatic carbocycles. The van der Waals surface area contributed by atoms with Gasteiger partial charge in [-0.2, -0.15) is 0 Å². The normalized spacial score (nSPS) is 14.8. The monoisotopic (exact) mass is 375 g/mol. The number of carbonyl (C=O) groups is 2. The van der Waals surface area contributed by atoms with E-state index in [1.165, 1.54) is 0 Å². The summed E-state index contributed by atoms with van der Waals surface area (Å²) in [5, 5.41) is 1.34. The number of carbonyl (C=O) groups excluding carboxylic acids is 2. The van der Waals surface area contributed by atoms with Gasteiger partial charge in [-0.3, -0.25) is 9.78 Å². The van der Waals surface area contributed by atoms with Gasteiger partial charge in [0.1, 0.15) is 0 Å². The first kappa shape index (κ1) is 18.5. The molecule has 0 radical (unpaired) electrons. The lowest BCUT2D eigenvalue weighted by Gasteiger charge is -2.34. The highest BCUT2D eigenvalue weighted by molar-refractivity contribution is 6.32. The molecule has 1 saturated heterocycles. The standard InChI is InChI=1S/C19H22ClN3O3/c1-13(2)12-26-19(25)23-8-6-22(7-9-23)18(24)16-11-15(20)10-14-4-3-5-21-17(14)16/h3-5,10-11,13H,6-9,12H2,1-2H3. The lowest BCUT2D eigenvalue weighted by molar-refractivity contribution is 0.0536. The summed E-state index contributed by atoms with van der Waals surface area (Å²) >= 11 is 6.16. The van der Waals surface area contributed by atoms with Crippen LogP contribution in [0.3, 0.4) is 0 Å². The summed E-state index contributed by atoms with van der Waals surface area (Å²) < 4.78 is 5.25. The second kappa shape index (κ2) is 7.91. The molecule has 0 N–H and O–H groups in total. The fourth-order valence-corrected chi connectivity index (χ4v) is 3.14. The molecule has 1 aromatic heterocycles. The highest BCUT2D eigenvalue weighted by Crippen LogP contribution is 2.24. The Morgan fingerprint density at radius 1 is 1.19 bits per heavy atom. The second-order valence-corrected chi connectivity index (χ2v) is 7.21. The van der Waals surface area contributed by atoms with Crippen molar-refractivity contribution < 1.29 is 14.3 Å². The molecule has 3 rings (SSSR count). The Morgan fingerprint density at radius 2 is 1.88 bits per heavy atom. The summed E-state index contributed by atoms with van der Waals surface area (Å²) in [6, 6.07) is 7.15. The zero-order valence-electron chi connectivity index (χ0n) is 14.9. The van der Waals surface area contributed by atoms with E-state index in [1.807, 2.05) is 26.0 Å². The van der Waals surface area contributed by atoms with Crippen LogP contribution >= 0.6 is 11.6 Å². The summed E-state index contributed by atoms with van der Waals surface area (Å²) in [5.41, 5.74) is 1.13. The number of ether oxygens (including phenoxy) is 1. The van der Waals surface area contributed by atoms with Crippen molar-refractivity contribution in [2.45, 2.75) is 13.8 Å². The SMILES string of the molecule is CC(C)COC(=O)N1CCN(C(=O)c2cc(Cl)cc3cccnc23)CC1. The average molecular weight is 376 g/mol. The number of aromatic nitrogens is 1. The molecule has 1 aliphatic heterocycles. The summed E-state index contributed by atoms with van der Waals surface area (Å²) in [5.74, 6) is 0.178. The Kier molecular flexibility index (Phi) is 5.61. The number of amides is 2. The average Bonchev–Trinajstić information content (AvgIpc) is 2.65. The Labute approximate surface area is 157 Å². The van der Waals surface area contributed by atoms with Crippen LogP contribution in [0.25, 0.3) is 10.9 Å². The second-order valence-electron chi connectivity index (χ2n) is 6.78. The molecule has 1 fully saturated rings. The fourth-order valence-electron chi connectivity index (χ4n) is 2.91. The van der Waals surface area contributed by atoms with Gasteiger partial charge in [0, 0.05) is 42.8 Å². The first-order valence-corrected chi connectivity index (χ1v) is 9.08. The highest BCUT2D eigenvalue weighted by Gasteiger charge is 2.27. The molecule has 0 bridgehead atoms. The van der Waals surface area contributed by atoms with Crippen molar-refractivity contribution in [2.75, 3.05) is 32.8 Å². The summed E-state index contributed by atoms with van der Waals surface area (Å²) in [6.07, 6.45) is 1.34. The van der Waals surface area contributed by atoms with Crippen molar-refractivity contribution >= 4 is 34.5 Å². The number of rotatable bonds is 3. The largest absolute Gasteiger partial charge is 0.449 e. The van der Waals surface area contributed by atoms with Crippen molar-refractivity contribution in [1.82, 2.24) is 14.8 Å². The van der Waals surface area contributed by atoms with Crippen LogP contribution in [0.4, 0.5) is 4.79 Å². The van der Waals surface area contributed by atoms with E-state index in [0.29, 0.717) is 54.8 Å². The number of nitrogens with zero attached hydrogens (tertiary/aromatic N) is 3. The Morgan fingerprint density at radius 3 is 2.58 bits per heavy atom. The zero-order chi connectivity index (χ0) is 18.7. The number of hydrogen-bond donors (Lipinski definition) is 0. The van der Waals surface area contributed by atoms with Crippen molar-refractivity contribution in [3.8, 4) is 0 Å². The van der Waals surface area contributed by atoms with Crippen LogP contribution in [0, 0.1) is 5.92 Å². The highest BCUT2D eigenvalue weighted by atomic mass is 35.5. The van der Waals surface area contributed by atoms with E-state index in [2.05, 4.69) is 4.98 Å². The first-order chi connectivity index (χ1) is 12.5. The van der Waals surface area contributed by atoms with Crippen LogP contribution in [0.15, 0.2) is 30.5 Å². The van der Waals surface area contributed by atoms with Crippen LogP contribution in [0.1, 0.15) is 24.2 Å². The molecule has 26 heavy (non-hydrogen) atoms. The Bertz CT molecular complexity index is 817. The fraction of sp³-hybridized carbons (Fsp3) is 0.421. The minimum Gasteiger partial charge on any atom is -0.449 e. The third-order valence-corrected chi connectivity index (χ3v) is 4.48. The molecule has 138 valence electrons. The van der Waals surface area contributed by atoms with Crippen LogP contribution in [-0.2, 0) is 4.74 Å². The number of benzene rings is 1. The number of halogens is 1. The molecule has 7 heteroatoms. The van der Waals surface area contributed by atoms with Crippen molar-refractivity contribution in [3.63, 3.8) is 0 Å². The minimum atomic E-state index is -0.319. The number of hydrogen-bond acceptors (Lipinski definition) is 4. The maximum Gasteiger partial charge on any atom is 0.409 e. The van der Waals surface area contributed by atoms with Gasteiger partial charge >= 0.3 is 6.09 Å². The van der Waals surface area contributed by atoms with Crippen LogP contribution < -0.4 is 0 Å². The van der Waals surface area contributed by atoms with Gasteiger partial charge in [-0.05, 0) is 24.1 Å². The van der Waals surface area contributed by atoms with E-state index >= 15 is 0 Å². The van der Waals surface area contributed by atoms with E-state index in [0.717, 1.165) is 5.39 Å². The van der Waals surface area contributed by atoms with Gasteiger partial charge in [0.05, 0.1) is 17.7 Å². The van der Waals surface area contributed by atoms with Crippen molar-refractivity contribution in [2.24, 2.45) is 5.92 Å². The summed E-state index contributed by atoms with van der Waals surface area (Å²) in [7, 11) is 0. The lowest BCUT2D eigenvalue weighted by Crippen LogP contribution is -2.50. The van der Waals surface area contributed by atoms with Gasteiger partial charge < -0.3 is 14.5 Å². The number of pyridine rings is 1. The molecule has 0 saturated carbocycles. The smallest absolute Gasteiger partial charge is 0.409 e. The molecule has 0 spiro atoms. The van der Waals surface area contributed by atoms with Gasteiger partial charge in [-0.25, -0.2) is 4.79 Å². The molecule has 2 amide bonds. The molecule has 1 aliphatic rings. The minimum absolute atomic E-state index is 0.119. The van der Waals surface area contributed by atoms with Crippen LogP contribution in [0.2, 0.25) is 5.02 Å². The molecule has 6 nitrogen and oxygen atoms in total.